The number of alkyl halides is 1. The van der Waals surface area contributed by atoms with Gasteiger partial charge in [-0.25, -0.2) is 24.1 Å². The van der Waals surface area contributed by atoms with E-state index < -0.39 is 12.3 Å². The SMILES string of the molecule is COc1ncc(C2CC2)cc1-c1cnc(N2CC(F)C2)nc1CN1C(=O)O[C@H](c2cc(C)cc(C)c2)[C@@H]1C. The van der Waals surface area contributed by atoms with Crippen LogP contribution in [0, 0.1) is 13.8 Å². The van der Waals surface area contributed by atoms with Crippen molar-refractivity contribution in [3.8, 4) is 17.0 Å². The molecule has 6 rings (SSSR count). The molecule has 1 aromatic carbocycles. The highest BCUT2D eigenvalue weighted by Crippen LogP contribution is 2.43. The number of aryl methyl sites for hydroxylation is 2. The predicted octanol–water partition coefficient (Wildman–Crippen LogP) is 5.28. The van der Waals surface area contributed by atoms with Crippen molar-refractivity contribution in [1.29, 1.82) is 0 Å². The van der Waals surface area contributed by atoms with Crippen molar-refractivity contribution < 1.29 is 18.7 Å². The van der Waals surface area contributed by atoms with Crippen LogP contribution < -0.4 is 9.64 Å². The number of hydrogen-bond acceptors (Lipinski definition) is 7. The monoisotopic (exact) mass is 517 g/mol. The number of amides is 1. The van der Waals surface area contributed by atoms with Crippen LogP contribution in [0.25, 0.3) is 11.1 Å². The number of nitrogens with zero attached hydrogens (tertiary/aromatic N) is 5. The van der Waals surface area contributed by atoms with Gasteiger partial charge in [0.15, 0.2) is 0 Å². The Morgan fingerprint density at radius 2 is 1.76 bits per heavy atom. The molecular formula is C29H32FN5O3. The molecule has 0 spiro atoms. The molecule has 3 fully saturated rings. The largest absolute Gasteiger partial charge is 0.481 e. The Labute approximate surface area is 221 Å². The summed E-state index contributed by atoms with van der Waals surface area (Å²) in [6.45, 7) is 6.82. The van der Waals surface area contributed by atoms with Crippen LogP contribution in [0.5, 0.6) is 5.88 Å². The average Bonchev–Trinajstić information content (AvgIpc) is 3.68. The van der Waals surface area contributed by atoms with Gasteiger partial charge in [0.25, 0.3) is 0 Å². The number of cyclic esters (lactones) is 1. The minimum atomic E-state index is -0.881. The second-order valence-corrected chi connectivity index (χ2v) is 10.7. The highest BCUT2D eigenvalue weighted by atomic mass is 19.1. The van der Waals surface area contributed by atoms with Gasteiger partial charge in [0.05, 0.1) is 38.5 Å². The summed E-state index contributed by atoms with van der Waals surface area (Å²) in [7, 11) is 1.59. The van der Waals surface area contributed by atoms with Crippen LogP contribution in [0.3, 0.4) is 0 Å². The lowest BCUT2D eigenvalue weighted by atomic mass is 9.98. The Morgan fingerprint density at radius 1 is 1.03 bits per heavy atom. The molecule has 2 aliphatic heterocycles. The Balaban J connectivity index is 1.37. The summed E-state index contributed by atoms with van der Waals surface area (Å²) < 4.78 is 25.1. The highest BCUT2D eigenvalue weighted by Gasteiger charge is 2.41. The molecule has 2 atom stereocenters. The molecule has 1 aliphatic carbocycles. The normalized spacial score (nSPS) is 21.4. The number of pyridine rings is 1. The van der Waals surface area contributed by atoms with Gasteiger partial charge in [-0.1, -0.05) is 29.3 Å². The summed E-state index contributed by atoms with van der Waals surface area (Å²) in [4.78, 5) is 30.6. The number of benzene rings is 1. The van der Waals surface area contributed by atoms with Gasteiger partial charge in [0.1, 0.15) is 12.3 Å². The van der Waals surface area contributed by atoms with Gasteiger partial charge >= 0.3 is 6.09 Å². The van der Waals surface area contributed by atoms with Gasteiger partial charge in [-0.2, -0.15) is 0 Å². The van der Waals surface area contributed by atoms with E-state index in [-0.39, 0.29) is 31.8 Å². The van der Waals surface area contributed by atoms with Crippen LogP contribution in [0.4, 0.5) is 15.1 Å². The van der Waals surface area contributed by atoms with Crippen LogP contribution in [0.2, 0.25) is 0 Å². The zero-order valence-electron chi connectivity index (χ0n) is 22.1. The lowest BCUT2D eigenvalue weighted by Crippen LogP contribution is -2.49. The van der Waals surface area contributed by atoms with Crippen molar-refractivity contribution in [3.63, 3.8) is 0 Å². The lowest BCUT2D eigenvalue weighted by molar-refractivity contribution is 0.130. The minimum Gasteiger partial charge on any atom is -0.481 e. The maximum Gasteiger partial charge on any atom is 0.411 e. The van der Waals surface area contributed by atoms with E-state index in [1.54, 1.807) is 23.1 Å². The quantitative estimate of drug-likeness (QED) is 0.422. The number of ether oxygens (including phenoxy) is 2. The van der Waals surface area contributed by atoms with Crippen LogP contribution >= 0.6 is 0 Å². The molecule has 8 nitrogen and oxygen atoms in total. The molecular weight excluding hydrogens is 485 g/mol. The molecule has 38 heavy (non-hydrogen) atoms. The summed E-state index contributed by atoms with van der Waals surface area (Å²) in [5, 5.41) is 0. The van der Waals surface area contributed by atoms with E-state index in [2.05, 4.69) is 34.2 Å². The van der Waals surface area contributed by atoms with Crippen LogP contribution in [0.1, 0.15) is 59.7 Å². The fraction of sp³-hybridized carbons (Fsp3) is 0.448. The van der Waals surface area contributed by atoms with E-state index in [0.29, 0.717) is 23.4 Å². The maximum atomic E-state index is 13.6. The smallest absolute Gasteiger partial charge is 0.411 e. The molecule has 1 amide bonds. The molecule has 1 saturated carbocycles. The van der Waals surface area contributed by atoms with E-state index in [0.717, 1.165) is 46.2 Å². The maximum absolute atomic E-state index is 13.6. The summed E-state index contributed by atoms with van der Waals surface area (Å²) in [5.74, 6) is 1.43. The minimum absolute atomic E-state index is 0.216. The molecule has 2 aromatic heterocycles. The topological polar surface area (TPSA) is 80.7 Å². The van der Waals surface area contributed by atoms with Crippen molar-refractivity contribution in [2.45, 2.75) is 64.4 Å². The van der Waals surface area contributed by atoms with Gasteiger partial charge in [-0.3, -0.25) is 4.90 Å². The number of carbonyl (C=O) groups excluding carboxylic acids is 1. The number of anilines is 1. The molecule has 4 heterocycles. The zero-order valence-corrected chi connectivity index (χ0v) is 22.1. The van der Waals surface area contributed by atoms with Gasteiger partial charge < -0.3 is 14.4 Å². The molecule has 3 aliphatic rings. The van der Waals surface area contributed by atoms with Crippen molar-refractivity contribution in [3.05, 3.63) is 64.6 Å². The number of halogens is 1. The second-order valence-electron chi connectivity index (χ2n) is 10.7. The summed E-state index contributed by atoms with van der Waals surface area (Å²) >= 11 is 0. The molecule has 3 aromatic rings. The summed E-state index contributed by atoms with van der Waals surface area (Å²) in [5.41, 5.74) is 6.56. The molecule has 0 radical (unpaired) electrons. The first-order valence-corrected chi connectivity index (χ1v) is 13.2. The second kappa shape index (κ2) is 9.53. The predicted molar refractivity (Wildman–Crippen MR) is 141 cm³/mol. The van der Waals surface area contributed by atoms with E-state index in [4.69, 9.17) is 14.5 Å². The van der Waals surface area contributed by atoms with E-state index in [1.807, 2.05) is 27.0 Å². The Hall–Kier alpha value is -3.75. The van der Waals surface area contributed by atoms with Crippen molar-refractivity contribution in [2.24, 2.45) is 0 Å². The average molecular weight is 518 g/mol. The van der Waals surface area contributed by atoms with Gasteiger partial charge in [0, 0.05) is 23.5 Å². The lowest BCUT2D eigenvalue weighted by Gasteiger charge is -2.34. The van der Waals surface area contributed by atoms with Gasteiger partial charge in [-0.15, -0.1) is 0 Å². The first-order chi connectivity index (χ1) is 18.3. The Morgan fingerprint density at radius 3 is 2.42 bits per heavy atom. The van der Waals surface area contributed by atoms with Gasteiger partial charge in [-0.05, 0) is 56.7 Å². The highest BCUT2D eigenvalue weighted by molar-refractivity contribution is 5.74. The van der Waals surface area contributed by atoms with E-state index in [9.17, 15) is 9.18 Å². The molecule has 0 bridgehead atoms. The van der Waals surface area contributed by atoms with Crippen molar-refractivity contribution >= 4 is 12.0 Å². The van der Waals surface area contributed by atoms with Crippen LogP contribution in [0.15, 0.2) is 36.7 Å². The number of carbonyl (C=O) groups is 1. The first kappa shape index (κ1) is 24.6. The number of methoxy groups -OCH3 is 1. The number of aromatic nitrogens is 3. The number of rotatable bonds is 7. The van der Waals surface area contributed by atoms with Crippen molar-refractivity contribution in [1.82, 2.24) is 19.9 Å². The third-order valence-corrected chi connectivity index (χ3v) is 7.66. The third kappa shape index (κ3) is 4.54. The van der Waals surface area contributed by atoms with Crippen LogP contribution in [-0.4, -0.2) is 58.4 Å². The summed E-state index contributed by atoms with van der Waals surface area (Å²) in [6, 6.07) is 8.11. The van der Waals surface area contributed by atoms with E-state index >= 15 is 0 Å². The van der Waals surface area contributed by atoms with Crippen molar-refractivity contribution in [2.75, 3.05) is 25.1 Å². The number of hydrogen-bond donors (Lipinski definition) is 0. The zero-order chi connectivity index (χ0) is 26.6. The summed E-state index contributed by atoms with van der Waals surface area (Å²) in [6.07, 6.45) is 4.24. The van der Waals surface area contributed by atoms with Crippen LogP contribution in [-0.2, 0) is 11.3 Å². The van der Waals surface area contributed by atoms with Gasteiger partial charge in [0.2, 0.25) is 11.8 Å². The first-order valence-electron chi connectivity index (χ1n) is 13.2. The standard InChI is InChI=1S/C29H32FN5O3/c1-16-7-17(2)9-20(8-16)26-18(3)35(29(36)38-26)15-25-24(12-32-28(33-25)34-13-22(30)14-34)23-10-21(19-5-6-19)11-31-27(23)37-4/h7-12,18-19,22,26H,5-6,13-15H2,1-4H3/t18-,26-/m0/s1. The molecule has 9 heteroatoms. The molecule has 0 N–H and O–H groups in total. The molecule has 0 unspecified atom stereocenters. The fourth-order valence-corrected chi connectivity index (χ4v) is 5.45. The Bertz CT molecular complexity index is 1370. The Kier molecular flexibility index (Phi) is 6.16. The fourth-order valence-electron chi connectivity index (χ4n) is 5.45. The van der Waals surface area contributed by atoms with E-state index in [1.165, 1.54) is 0 Å². The third-order valence-electron chi connectivity index (χ3n) is 7.66. The molecule has 198 valence electrons. The molecule has 2 saturated heterocycles.